The number of rotatable bonds is 3. The third-order valence-corrected chi connectivity index (χ3v) is 4.63. The summed E-state index contributed by atoms with van der Waals surface area (Å²) >= 11 is 3.39. The quantitative estimate of drug-likeness (QED) is 0.833. The number of alkyl halides is 4. The van der Waals surface area contributed by atoms with E-state index in [2.05, 4.69) is 21.2 Å². The summed E-state index contributed by atoms with van der Waals surface area (Å²) in [6.07, 6.45) is -3.05. The number of carbonyl (C=O) groups is 1. The highest BCUT2D eigenvalue weighted by Crippen LogP contribution is 2.29. The average molecular weight is 366 g/mol. The van der Waals surface area contributed by atoms with E-state index in [1.807, 2.05) is 0 Å². The lowest BCUT2D eigenvalue weighted by molar-refractivity contribution is -0.137. The van der Waals surface area contributed by atoms with Gasteiger partial charge in [-0.15, -0.1) is 0 Å². The molecule has 1 fully saturated rings. The van der Waals surface area contributed by atoms with Crippen LogP contribution in [0.5, 0.6) is 0 Å². The van der Waals surface area contributed by atoms with E-state index in [4.69, 9.17) is 4.74 Å². The topological polar surface area (TPSA) is 38.3 Å². The van der Waals surface area contributed by atoms with Crippen molar-refractivity contribution in [2.45, 2.75) is 24.6 Å². The number of benzene rings is 1. The fourth-order valence-corrected chi connectivity index (χ4v) is 2.88. The molecule has 1 aliphatic rings. The first kappa shape index (κ1) is 16.3. The number of hydrogen-bond acceptors (Lipinski definition) is 2. The van der Waals surface area contributed by atoms with Crippen LogP contribution in [0.4, 0.5) is 13.2 Å². The zero-order valence-corrected chi connectivity index (χ0v) is 12.8. The minimum atomic E-state index is -4.40. The SMILES string of the molecule is O=C(NC1(CBr)CCOCC1)c1ccc(C(F)(F)F)cc1. The van der Waals surface area contributed by atoms with E-state index in [9.17, 15) is 18.0 Å². The molecule has 0 atom stereocenters. The van der Waals surface area contributed by atoms with E-state index in [0.717, 1.165) is 12.1 Å². The molecule has 116 valence electrons. The Bertz CT molecular complexity index is 496. The number of ether oxygens (including phenoxy) is 1. The van der Waals surface area contributed by atoms with Gasteiger partial charge in [-0.1, -0.05) is 15.9 Å². The smallest absolute Gasteiger partial charge is 0.381 e. The summed E-state index contributed by atoms with van der Waals surface area (Å²) in [5.74, 6) is -0.370. The van der Waals surface area contributed by atoms with Crippen LogP contribution in [0.2, 0.25) is 0 Å². The highest BCUT2D eigenvalue weighted by molar-refractivity contribution is 9.09. The maximum absolute atomic E-state index is 12.5. The molecule has 1 N–H and O–H groups in total. The summed E-state index contributed by atoms with van der Waals surface area (Å²) < 4.78 is 42.7. The van der Waals surface area contributed by atoms with Gasteiger partial charge < -0.3 is 10.1 Å². The van der Waals surface area contributed by atoms with Crippen molar-refractivity contribution in [1.82, 2.24) is 5.32 Å². The van der Waals surface area contributed by atoms with Crippen molar-refractivity contribution in [2.24, 2.45) is 0 Å². The fourth-order valence-electron chi connectivity index (χ4n) is 2.18. The zero-order chi connectivity index (χ0) is 15.5. The van der Waals surface area contributed by atoms with Crippen molar-refractivity contribution < 1.29 is 22.7 Å². The Balaban J connectivity index is 2.09. The van der Waals surface area contributed by atoms with Crippen LogP contribution in [0.1, 0.15) is 28.8 Å². The molecule has 7 heteroatoms. The normalized spacial score (nSPS) is 18.3. The summed E-state index contributed by atoms with van der Waals surface area (Å²) in [7, 11) is 0. The molecule has 1 aromatic rings. The molecule has 0 unspecified atom stereocenters. The monoisotopic (exact) mass is 365 g/mol. The molecule has 1 heterocycles. The van der Waals surface area contributed by atoms with E-state index >= 15 is 0 Å². The van der Waals surface area contributed by atoms with Crippen molar-refractivity contribution >= 4 is 21.8 Å². The maximum atomic E-state index is 12.5. The predicted molar refractivity (Wildman–Crippen MR) is 75.5 cm³/mol. The van der Waals surface area contributed by atoms with Gasteiger partial charge in [0, 0.05) is 24.1 Å². The minimum Gasteiger partial charge on any atom is -0.381 e. The van der Waals surface area contributed by atoms with Gasteiger partial charge in [0.15, 0.2) is 0 Å². The summed E-state index contributed by atoms with van der Waals surface area (Å²) in [5.41, 5.74) is -0.951. The van der Waals surface area contributed by atoms with Gasteiger partial charge in [0.1, 0.15) is 0 Å². The van der Waals surface area contributed by atoms with Crippen molar-refractivity contribution in [3.8, 4) is 0 Å². The second-order valence-electron chi connectivity index (χ2n) is 5.06. The molecule has 0 bridgehead atoms. The molecule has 1 amide bonds. The molecule has 0 saturated carbocycles. The van der Waals surface area contributed by atoms with Gasteiger partial charge in [0.05, 0.1) is 11.1 Å². The molecule has 1 aromatic carbocycles. The highest BCUT2D eigenvalue weighted by atomic mass is 79.9. The lowest BCUT2D eigenvalue weighted by Crippen LogP contribution is -2.53. The maximum Gasteiger partial charge on any atom is 0.416 e. The summed E-state index contributed by atoms with van der Waals surface area (Å²) in [4.78, 5) is 12.2. The van der Waals surface area contributed by atoms with Crippen LogP contribution >= 0.6 is 15.9 Å². The minimum absolute atomic E-state index is 0.217. The van der Waals surface area contributed by atoms with Crippen LogP contribution in [0, 0.1) is 0 Å². The van der Waals surface area contributed by atoms with Crippen LogP contribution in [0.25, 0.3) is 0 Å². The summed E-state index contributed by atoms with van der Waals surface area (Å²) in [5, 5.41) is 3.49. The Morgan fingerprint density at radius 1 is 1.24 bits per heavy atom. The van der Waals surface area contributed by atoms with Gasteiger partial charge in [-0.05, 0) is 37.1 Å². The number of carbonyl (C=O) groups excluding carboxylic acids is 1. The molecule has 0 spiro atoms. The first-order chi connectivity index (χ1) is 9.86. The van der Waals surface area contributed by atoms with E-state index in [-0.39, 0.29) is 11.5 Å². The Kier molecular flexibility index (Phi) is 4.93. The van der Waals surface area contributed by atoms with Crippen molar-refractivity contribution in [3.63, 3.8) is 0 Å². The van der Waals surface area contributed by atoms with Gasteiger partial charge in [-0.25, -0.2) is 0 Å². The first-order valence-electron chi connectivity index (χ1n) is 6.50. The Morgan fingerprint density at radius 3 is 2.29 bits per heavy atom. The predicted octanol–water partition coefficient (Wildman–Crippen LogP) is 3.38. The highest BCUT2D eigenvalue weighted by Gasteiger charge is 2.34. The standard InChI is InChI=1S/C14H15BrF3NO2/c15-9-13(5-7-21-8-6-13)19-12(20)10-1-3-11(4-2-10)14(16,17)18/h1-4H,5-9H2,(H,19,20). The molecule has 0 aliphatic carbocycles. The molecular formula is C14H15BrF3NO2. The lowest BCUT2D eigenvalue weighted by Gasteiger charge is -2.36. The number of nitrogens with one attached hydrogen (secondary N) is 1. The van der Waals surface area contributed by atoms with Gasteiger partial charge in [-0.2, -0.15) is 13.2 Å². The Morgan fingerprint density at radius 2 is 1.81 bits per heavy atom. The Hall–Kier alpha value is -1.08. The molecule has 0 aromatic heterocycles. The van der Waals surface area contributed by atoms with Crippen LogP contribution < -0.4 is 5.32 Å². The molecule has 0 radical (unpaired) electrons. The summed E-state index contributed by atoms with van der Waals surface area (Å²) in [6.45, 7) is 1.11. The van der Waals surface area contributed by atoms with E-state index in [1.165, 1.54) is 12.1 Å². The first-order valence-corrected chi connectivity index (χ1v) is 7.62. The summed E-state index contributed by atoms with van der Waals surface area (Å²) in [6, 6.07) is 4.22. The third kappa shape index (κ3) is 3.97. The second kappa shape index (κ2) is 6.36. The van der Waals surface area contributed by atoms with Crippen molar-refractivity contribution in [3.05, 3.63) is 35.4 Å². The molecule has 3 nitrogen and oxygen atoms in total. The largest absolute Gasteiger partial charge is 0.416 e. The van der Waals surface area contributed by atoms with E-state index < -0.39 is 17.3 Å². The van der Waals surface area contributed by atoms with Crippen LogP contribution in [-0.2, 0) is 10.9 Å². The molecular weight excluding hydrogens is 351 g/mol. The van der Waals surface area contributed by atoms with Crippen LogP contribution in [0.3, 0.4) is 0 Å². The number of halogens is 4. The van der Waals surface area contributed by atoms with Gasteiger partial charge in [0.25, 0.3) is 5.91 Å². The lowest BCUT2D eigenvalue weighted by atomic mass is 9.92. The Labute approximate surface area is 129 Å². The third-order valence-electron chi connectivity index (χ3n) is 3.56. The second-order valence-corrected chi connectivity index (χ2v) is 5.62. The molecule has 1 saturated heterocycles. The van der Waals surface area contributed by atoms with Crippen molar-refractivity contribution in [2.75, 3.05) is 18.5 Å². The molecule has 2 rings (SSSR count). The van der Waals surface area contributed by atoms with Gasteiger partial charge in [0.2, 0.25) is 0 Å². The average Bonchev–Trinajstić information content (AvgIpc) is 2.47. The van der Waals surface area contributed by atoms with Gasteiger partial charge >= 0.3 is 6.18 Å². The van der Waals surface area contributed by atoms with Crippen LogP contribution in [-0.4, -0.2) is 30.0 Å². The fraction of sp³-hybridized carbons (Fsp3) is 0.500. The number of hydrogen-bond donors (Lipinski definition) is 1. The molecule has 21 heavy (non-hydrogen) atoms. The van der Waals surface area contributed by atoms with Gasteiger partial charge in [-0.3, -0.25) is 4.79 Å². The molecule has 1 aliphatic heterocycles. The van der Waals surface area contributed by atoms with Crippen LogP contribution in [0.15, 0.2) is 24.3 Å². The zero-order valence-electron chi connectivity index (χ0n) is 11.2. The number of amides is 1. The van der Waals surface area contributed by atoms with Crippen molar-refractivity contribution in [1.29, 1.82) is 0 Å². The van der Waals surface area contributed by atoms with E-state index in [1.54, 1.807) is 0 Å². The van der Waals surface area contributed by atoms with E-state index in [0.29, 0.717) is 31.4 Å².